The van der Waals surface area contributed by atoms with Gasteiger partial charge < -0.3 is 9.38 Å². The summed E-state index contributed by atoms with van der Waals surface area (Å²) in [6.07, 6.45) is 2.42. The van der Waals surface area contributed by atoms with E-state index >= 15 is 0 Å². The van der Waals surface area contributed by atoms with Crippen LogP contribution in [0.1, 0.15) is 154 Å². The standard InChI is InChI=1S/C64H65BN2/c1-59(2,3)36-19-22-38(23-20-36)67-54-34-43-42-32-49-50(62(9,10)30-29-61(49,7)8)35-48(42)64(13,14)47(43)33-44(54)39-24-25-41-56-53(28-26-46-55(56)40-17-15-16-18-45(40)63(46,11)12)66-52-27-21-37(60(4,5)6)31-51(52)65(67)57(39)58(41)66/h15-28,31-35H,29-30H2,1-14H3. The van der Waals surface area contributed by atoms with Gasteiger partial charge in [0.15, 0.2) is 0 Å². The fourth-order valence-corrected chi connectivity index (χ4v) is 13.8. The van der Waals surface area contributed by atoms with E-state index in [1.54, 1.807) is 5.56 Å². The van der Waals surface area contributed by atoms with Crippen molar-refractivity contribution in [2.45, 2.75) is 142 Å². The Kier molecular flexibility index (Phi) is 7.81. The number of nitrogens with zero attached hydrogens (tertiary/aromatic N) is 2. The molecule has 67 heavy (non-hydrogen) atoms. The average molecular weight is 873 g/mol. The Morgan fingerprint density at radius 2 is 1.09 bits per heavy atom. The van der Waals surface area contributed by atoms with E-state index in [0.717, 1.165) is 0 Å². The van der Waals surface area contributed by atoms with Gasteiger partial charge >= 0.3 is 6.85 Å². The van der Waals surface area contributed by atoms with Gasteiger partial charge in [-0.15, -0.1) is 0 Å². The van der Waals surface area contributed by atoms with E-state index in [2.05, 4.69) is 222 Å². The SMILES string of the molecule is CC(C)(C)c1ccc(N2B3c4cc(C(C)(C)C)ccc4-n4c5ccc6c(c5c5ccc(c3c54)-c3cc4c(cc32)-c2cc3c(cc2C4(C)C)C(C)(C)CCC3(C)C)-c2ccccc2C6(C)C)cc1. The second-order valence-corrected chi connectivity index (χ2v) is 25.7. The van der Waals surface area contributed by atoms with Crippen LogP contribution in [0.3, 0.4) is 0 Å². The van der Waals surface area contributed by atoms with Crippen LogP contribution < -0.4 is 15.7 Å². The van der Waals surface area contributed by atoms with Crippen LogP contribution in [0, 0.1) is 0 Å². The summed E-state index contributed by atoms with van der Waals surface area (Å²) in [7, 11) is 0. The van der Waals surface area contributed by atoms with Gasteiger partial charge in [0.2, 0.25) is 0 Å². The molecule has 0 radical (unpaired) electrons. The summed E-state index contributed by atoms with van der Waals surface area (Å²) in [4.78, 5) is 2.76. The molecule has 3 heteroatoms. The zero-order valence-electron chi connectivity index (χ0n) is 42.4. The molecule has 0 saturated carbocycles. The molecule has 5 aliphatic rings. The Morgan fingerprint density at radius 3 is 1.79 bits per heavy atom. The molecule has 0 spiro atoms. The topological polar surface area (TPSA) is 8.17 Å². The van der Waals surface area contributed by atoms with Crippen molar-refractivity contribution in [1.29, 1.82) is 0 Å². The summed E-state index contributed by atoms with van der Waals surface area (Å²) < 4.78 is 2.67. The van der Waals surface area contributed by atoms with Crippen LogP contribution in [-0.4, -0.2) is 11.4 Å². The smallest absolute Gasteiger partial charge is 0.333 e. The van der Waals surface area contributed by atoms with Gasteiger partial charge in [-0.2, -0.15) is 0 Å². The first-order chi connectivity index (χ1) is 31.5. The van der Waals surface area contributed by atoms with Gasteiger partial charge in [0.05, 0.1) is 11.0 Å². The van der Waals surface area contributed by atoms with Gasteiger partial charge in [-0.05, 0) is 160 Å². The minimum atomic E-state index is -0.159. The highest BCUT2D eigenvalue weighted by Gasteiger charge is 2.48. The third-order valence-corrected chi connectivity index (χ3v) is 18.0. The zero-order chi connectivity index (χ0) is 46.9. The van der Waals surface area contributed by atoms with Crippen molar-refractivity contribution in [2.75, 3.05) is 4.81 Å². The molecule has 2 nitrogen and oxygen atoms in total. The quantitative estimate of drug-likeness (QED) is 0.149. The molecule has 7 aromatic carbocycles. The van der Waals surface area contributed by atoms with E-state index in [1.165, 1.54) is 135 Å². The molecular formula is C64H65BN2. The minimum Gasteiger partial charge on any atom is -0.376 e. The maximum absolute atomic E-state index is 2.76. The highest BCUT2D eigenvalue weighted by Crippen LogP contribution is 2.59. The van der Waals surface area contributed by atoms with Crippen LogP contribution in [0.25, 0.3) is 60.9 Å². The lowest BCUT2D eigenvalue weighted by atomic mass is 9.43. The van der Waals surface area contributed by atoms with Crippen molar-refractivity contribution in [1.82, 2.24) is 4.57 Å². The van der Waals surface area contributed by atoms with E-state index in [0.29, 0.717) is 0 Å². The van der Waals surface area contributed by atoms with Crippen molar-refractivity contribution in [3.8, 4) is 39.1 Å². The second kappa shape index (κ2) is 12.6. The van der Waals surface area contributed by atoms with E-state index in [-0.39, 0.29) is 39.3 Å². The summed E-state index contributed by atoms with van der Waals surface area (Å²) in [5.74, 6) is 0. The Bertz CT molecular complexity index is 3540. The van der Waals surface area contributed by atoms with Crippen molar-refractivity contribution in [3.63, 3.8) is 0 Å². The van der Waals surface area contributed by atoms with Crippen LogP contribution >= 0.6 is 0 Å². The molecule has 0 bridgehead atoms. The van der Waals surface area contributed by atoms with Gasteiger partial charge in [0.25, 0.3) is 0 Å². The predicted octanol–water partition coefficient (Wildman–Crippen LogP) is 15.6. The Hall–Kier alpha value is -5.80. The van der Waals surface area contributed by atoms with Crippen LogP contribution in [0.15, 0.2) is 115 Å². The normalized spacial score (nSPS) is 18.3. The number of anilines is 2. The molecule has 334 valence electrons. The van der Waals surface area contributed by atoms with Crippen LogP contribution in [-0.2, 0) is 32.5 Å². The molecule has 0 amide bonds. The monoisotopic (exact) mass is 873 g/mol. The molecule has 3 aliphatic carbocycles. The lowest BCUT2D eigenvalue weighted by Crippen LogP contribution is -2.60. The molecule has 0 atom stereocenters. The first kappa shape index (κ1) is 41.4. The van der Waals surface area contributed by atoms with Crippen molar-refractivity contribution >= 4 is 51.0 Å². The molecule has 2 aliphatic heterocycles. The van der Waals surface area contributed by atoms with Gasteiger partial charge in [-0.1, -0.05) is 170 Å². The van der Waals surface area contributed by atoms with Gasteiger partial charge in [0, 0.05) is 44.2 Å². The van der Waals surface area contributed by atoms with E-state index in [9.17, 15) is 0 Å². The molecule has 1 aromatic heterocycles. The molecule has 0 unspecified atom stereocenters. The van der Waals surface area contributed by atoms with Gasteiger partial charge in [-0.3, -0.25) is 0 Å². The lowest BCUT2D eigenvalue weighted by Gasteiger charge is -2.43. The van der Waals surface area contributed by atoms with E-state index in [1.807, 2.05) is 0 Å². The molecular weight excluding hydrogens is 808 g/mol. The lowest BCUT2D eigenvalue weighted by molar-refractivity contribution is 0.331. The highest BCUT2D eigenvalue weighted by atomic mass is 15.1. The van der Waals surface area contributed by atoms with E-state index < -0.39 is 0 Å². The predicted molar refractivity (Wildman–Crippen MR) is 288 cm³/mol. The summed E-state index contributed by atoms with van der Waals surface area (Å²) in [5.41, 5.74) is 29.2. The third-order valence-electron chi connectivity index (χ3n) is 18.0. The fourth-order valence-electron chi connectivity index (χ4n) is 13.8. The Balaban J connectivity index is 1.17. The summed E-state index contributed by atoms with van der Waals surface area (Å²) in [5, 5.41) is 2.73. The molecule has 8 aromatic rings. The largest absolute Gasteiger partial charge is 0.376 e. The van der Waals surface area contributed by atoms with Crippen molar-refractivity contribution in [3.05, 3.63) is 160 Å². The van der Waals surface area contributed by atoms with E-state index in [4.69, 9.17) is 0 Å². The molecule has 0 N–H and O–H groups in total. The minimum absolute atomic E-state index is 0.0254. The summed E-state index contributed by atoms with van der Waals surface area (Å²) in [6, 6.07) is 46.7. The first-order valence-electron chi connectivity index (χ1n) is 25.2. The van der Waals surface area contributed by atoms with Crippen molar-refractivity contribution < 1.29 is 0 Å². The van der Waals surface area contributed by atoms with Gasteiger partial charge in [0.1, 0.15) is 0 Å². The number of rotatable bonds is 1. The third kappa shape index (κ3) is 5.24. The Labute approximate surface area is 399 Å². The average Bonchev–Trinajstić information content (AvgIpc) is 3.82. The highest BCUT2D eigenvalue weighted by molar-refractivity contribution is 6.93. The number of benzene rings is 7. The molecule has 3 heterocycles. The first-order valence-corrected chi connectivity index (χ1v) is 25.2. The Morgan fingerprint density at radius 1 is 0.478 bits per heavy atom. The van der Waals surface area contributed by atoms with Crippen LogP contribution in [0.5, 0.6) is 0 Å². The number of aromatic nitrogens is 1. The van der Waals surface area contributed by atoms with Crippen LogP contribution in [0.2, 0.25) is 0 Å². The molecule has 0 saturated heterocycles. The fraction of sp³-hybridized carbons (Fsp3) is 0.344. The zero-order valence-corrected chi connectivity index (χ0v) is 42.4. The van der Waals surface area contributed by atoms with Crippen molar-refractivity contribution in [2.24, 2.45) is 0 Å². The number of hydrogen-bond donors (Lipinski definition) is 0. The molecule has 0 fully saturated rings. The number of fused-ring (bicyclic) bond motifs is 16. The van der Waals surface area contributed by atoms with Crippen LogP contribution in [0.4, 0.5) is 11.4 Å². The maximum Gasteiger partial charge on any atom is 0.333 e. The summed E-state index contributed by atoms with van der Waals surface area (Å²) in [6.45, 7) is 33.7. The number of hydrogen-bond acceptors (Lipinski definition) is 1. The second-order valence-electron chi connectivity index (χ2n) is 25.7. The molecule has 13 rings (SSSR count). The van der Waals surface area contributed by atoms with Gasteiger partial charge in [-0.25, -0.2) is 0 Å². The maximum atomic E-state index is 2.76. The summed E-state index contributed by atoms with van der Waals surface area (Å²) >= 11 is 0.